The van der Waals surface area contributed by atoms with E-state index in [1.807, 2.05) is 6.92 Å². The summed E-state index contributed by atoms with van der Waals surface area (Å²) in [5.41, 5.74) is 1.58. The Kier molecular flexibility index (Phi) is 7.66. The predicted octanol–water partition coefficient (Wildman–Crippen LogP) is 2.63. The predicted molar refractivity (Wildman–Crippen MR) is 149 cm³/mol. The van der Waals surface area contributed by atoms with Gasteiger partial charge in [0.25, 0.3) is 5.91 Å². The number of ether oxygens (including phenoxy) is 2. The fraction of sp³-hybridized carbons (Fsp3) is 0.500. The summed E-state index contributed by atoms with van der Waals surface area (Å²) in [6, 6.07) is 3.39. The van der Waals surface area contributed by atoms with Gasteiger partial charge in [-0.1, -0.05) is 0 Å². The van der Waals surface area contributed by atoms with E-state index in [9.17, 15) is 13.2 Å². The Morgan fingerprint density at radius 3 is 2.73 bits per heavy atom. The van der Waals surface area contributed by atoms with Gasteiger partial charge >= 0.3 is 0 Å². The fourth-order valence-corrected chi connectivity index (χ4v) is 7.32. The molecule has 5 heterocycles. The molecule has 12 nitrogen and oxygen atoms in total. The summed E-state index contributed by atoms with van der Waals surface area (Å²) in [7, 11) is -3.43. The van der Waals surface area contributed by atoms with Crippen LogP contribution in [0.5, 0.6) is 5.88 Å². The molecule has 0 radical (unpaired) electrons. The zero-order valence-electron chi connectivity index (χ0n) is 22.0. The topological polar surface area (TPSA) is 149 Å². The van der Waals surface area contributed by atoms with Crippen molar-refractivity contribution < 1.29 is 22.7 Å². The molecule has 3 aromatic heterocycles. The van der Waals surface area contributed by atoms with Crippen LogP contribution in [0.3, 0.4) is 0 Å². The maximum atomic E-state index is 13.5. The number of hydrogen-bond donors (Lipinski definition) is 2. The Bertz CT molecular complexity index is 1460. The summed E-state index contributed by atoms with van der Waals surface area (Å²) in [6.07, 6.45) is 9.73. The van der Waals surface area contributed by atoms with E-state index < -0.39 is 16.1 Å². The van der Waals surface area contributed by atoms with Gasteiger partial charge < -0.3 is 14.8 Å². The number of pyridine rings is 1. The van der Waals surface area contributed by atoms with Crippen LogP contribution in [-0.4, -0.2) is 82.9 Å². The standard InChI is InChI=1S/C26H31N7O5S2/c1-2-38-24-12-27-10-21(30-24)23-11-29-26(39-23)25(34)31-22(13-33-17-3-4-18(33)15-37-14-17)20-9-16(7-8-28-20)32-40(35,36)19-5-6-19/h7-12,17-19,22H,2-6,13-15H2,1H3,(H,28,32)(H,31,34)/t17-,18+,22-/m1/s1. The first-order valence-corrected chi connectivity index (χ1v) is 15.8. The molecule has 3 atom stereocenters. The smallest absolute Gasteiger partial charge is 0.280 e. The Labute approximate surface area is 236 Å². The van der Waals surface area contributed by atoms with Crippen molar-refractivity contribution in [2.75, 3.05) is 31.1 Å². The monoisotopic (exact) mass is 585 g/mol. The van der Waals surface area contributed by atoms with Crippen LogP contribution in [0.25, 0.3) is 10.6 Å². The molecule has 40 heavy (non-hydrogen) atoms. The van der Waals surface area contributed by atoms with Crippen molar-refractivity contribution in [2.45, 2.75) is 56.0 Å². The van der Waals surface area contributed by atoms with Crippen molar-refractivity contribution in [2.24, 2.45) is 0 Å². The molecule has 2 bridgehead atoms. The third-order valence-corrected chi connectivity index (χ3v) is 10.2. The second-order valence-corrected chi connectivity index (χ2v) is 13.2. The molecule has 0 spiro atoms. The molecule has 3 fully saturated rings. The molecule has 212 valence electrons. The average Bonchev–Trinajstić information content (AvgIpc) is 3.66. The van der Waals surface area contributed by atoms with E-state index in [4.69, 9.17) is 9.47 Å². The number of aromatic nitrogens is 4. The molecule has 6 rings (SSSR count). The van der Waals surface area contributed by atoms with Crippen LogP contribution in [0.1, 0.15) is 54.1 Å². The Hall–Kier alpha value is -3.20. The van der Waals surface area contributed by atoms with Crippen LogP contribution in [-0.2, 0) is 14.8 Å². The number of thiazole rings is 1. The van der Waals surface area contributed by atoms with E-state index in [1.165, 1.54) is 17.5 Å². The van der Waals surface area contributed by atoms with Crippen LogP contribution in [0.15, 0.2) is 36.9 Å². The molecule has 2 aliphatic heterocycles. The first-order valence-electron chi connectivity index (χ1n) is 13.4. The number of anilines is 1. The van der Waals surface area contributed by atoms with Crippen molar-refractivity contribution in [1.82, 2.24) is 30.2 Å². The highest BCUT2D eigenvalue weighted by Gasteiger charge is 2.39. The molecule has 1 aliphatic carbocycles. The van der Waals surface area contributed by atoms with Crippen molar-refractivity contribution in [3.8, 4) is 16.5 Å². The molecule has 0 unspecified atom stereocenters. The Morgan fingerprint density at radius 2 is 1.98 bits per heavy atom. The first-order chi connectivity index (χ1) is 19.4. The van der Waals surface area contributed by atoms with E-state index in [2.05, 4.69) is 34.9 Å². The van der Waals surface area contributed by atoms with E-state index in [1.54, 1.807) is 30.7 Å². The van der Waals surface area contributed by atoms with Gasteiger partial charge in [-0.3, -0.25) is 24.4 Å². The van der Waals surface area contributed by atoms with Gasteiger partial charge in [0.1, 0.15) is 5.69 Å². The number of hydrogen-bond acceptors (Lipinski definition) is 11. The van der Waals surface area contributed by atoms with Gasteiger partial charge in [-0.05, 0) is 44.7 Å². The van der Waals surface area contributed by atoms with Gasteiger partial charge in [-0.25, -0.2) is 18.4 Å². The molecule has 0 aromatic carbocycles. The van der Waals surface area contributed by atoms with E-state index in [-0.39, 0.29) is 28.2 Å². The molecular weight excluding hydrogens is 554 g/mol. The minimum Gasteiger partial charge on any atom is -0.477 e. The van der Waals surface area contributed by atoms with E-state index >= 15 is 0 Å². The largest absolute Gasteiger partial charge is 0.477 e. The lowest BCUT2D eigenvalue weighted by Crippen LogP contribution is -2.49. The van der Waals surface area contributed by atoms with Gasteiger partial charge in [0, 0.05) is 31.0 Å². The number of carbonyl (C=O) groups is 1. The zero-order chi connectivity index (χ0) is 27.7. The molecule has 1 amide bonds. The zero-order valence-corrected chi connectivity index (χ0v) is 23.7. The second kappa shape index (κ2) is 11.4. The van der Waals surface area contributed by atoms with Crippen LogP contribution in [0, 0.1) is 0 Å². The van der Waals surface area contributed by atoms with Crippen LogP contribution in [0.2, 0.25) is 0 Å². The number of fused-ring (bicyclic) bond motifs is 2. The summed E-state index contributed by atoms with van der Waals surface area (Å²) >= 11 is 1.21. The van der Waals surface area contributed by atoms with Gasteiger partial charge in [-0.2, -0.15) is 0 Å². The lowest BCUT2D eigenvalue weighted by atomic mass is 10.1. The number of nitrogens with one attached hydrogen (secondary N) is 2. The van der Waals surface area contributed by atoms with E-state index in [0.29, 0.717) is 67.0 Å². The van der Waals surface area contributed by atoms with E-state index in [0.717, 1.165) is 12.8 Å². The Balaban J connectivity index is 1.24. The van der Waals surface area contributed by atoms with Gasteiger partial charge in [0.2, 0.25) is 15.9 Å². The highest BCUT2D eigenvalue weighted by Crippen LogP contribution is 2.33. The summed E-state index contributed by atoms with van der Waals surface area (Å²) in [5, 5.41) is 3.04. The Morgan fingerprint density at radius 1 is 1.18 bits per heavy atom. The van der Waals surface area contributed by atoms with Gasteiger partial charge in [-0.15, -0.1) is 11.3 Å². The average molecular weight is 586 g/mol. The first kappa shape index (κ1) is 27.0. The molecule has 3 aromatic rings. The molecule has 3 aliphatic rings. The summed E-state index contributed by atoms with van der Waals surface area (Å²) in [5.74, 6) is 0.0596. The molecular formula is C26H31N7O5S2. The number of amides is 1. The minimum absolute atomic E-state index is 0.275. The molecule has 2 saturated heterocycles. The summed E-state index contributed by atoms with van der Waals surface area (Å²) < 4.78 is 39.0. The van der Waals surface area contributed by atoms with Gasteiger partial charge in [0.05, 0.1) is 59.8 Å². The van der Waals surface area contributed by atoms with Crippen molar-refractivity contribution >= 4 is 33.0 Å². The normalized spacial score (nSPS) is 21.6. The lowest BCUT2D eigenvalue weighted by molar-refractivity contribution is -0.0185. The highest BCUT2D eigenvalue weighted by molar-refractivity contribution is 7.93. The number of rotatable bonds is 11. The highest BCUT2D eigenvalue weighted by atomic mass is 32.2. The maximum Gasteiger partial charge on any atom is 0.280 e. The van der Waals surface area contributed by atoms with Crippen LogP contribution in [0.4, 0.5) is 5.69 Å². The van der Waals surface area contributed by atoms with Gasteiger partial charge in [0.15, 0.2) is 5.01 Å². The van der Waals surface area contributed by atoms with Crippen LogP contribution < -0.4 is 14.8 Å². The third kappa shape index (κ3) is 5.94. The second-order valence-electron chi connectivity index (χ2n) is 10.2. The van der Waals surface area contributed by atoms with Crippen molar-refractivity contribution in [3.05, 3.63) is 47.6 Å². The lowest BCUT2D eigenvalue weighted by Gasteiger charge is -2.37. The quantitative estimate of drug-likeness (QED) is 0.344. The minimum atomic E-state index is -3.43. The fourth-order valence-electron chi connectivity index (χ4n) is 5.16. The number of carbonyl (C=O) groups excluding carboxylic acids is 1. The third-order valence-electron chi connectivity index (χ3n) is 7.31. The summed E-state index contributed by atoms with van der Waals surface area (Å²) in [4.78, 5) is 34.0. The number of sulfonamides is 1. The molecule has 2 N–H and O–H groups in total. The number of morpholine rings is 1. The SMILES string of the molecule is CCOc1cncc(-c2cnc(C(=O)N[C@H](CN3[C@@H]4CC[C@H]3COC4)c3cc(NS(=O)(=O)C4CC4)ccn3)s2)n1. The van der Waals surface area contributed by atoms with Crippen molar-refractivity contribution in [1.29, 1.82) is 0 Å². The van der Waals surface area contributed by atoms with Crippen LogP contribution >= 0.6 is 11.3 Å². The maximum absolute atomic E-state index is 13.5. The molecule has 14 heteroatoms. The summed E-state index contributed by atoms with van der Waals surface area (Å²) in [6.45, 7) is 4.18. The van der Waals surface area contributed by atoms with Crippen molar-refractivity contribution in [3.63, 3.8) is 0 Å². The number of nitrogens with zero attached hydrogens (tertiary/aromatic N) is 5. The molecule has 1 saturated carbocycles.